The van der Waals surface area contributed by atoms with Gasteiger partial charge in [-0.15, -0.1) is 0 Å². The highest BCUT2D eigenvalue weighted by molar-refractivity contribution is 4.96. The predicted molar refractivity (Wildman–Crippen MR) is 50.5 cm³/mol. The third-order valence-electron chi connectivity index (χ3n) is 4.10. The Hall–Kier alpha value is -0.120. The molecule has 4 fully saturated rings. The second-order valence-electron chi connectivity index (χ2n) is 5.14. The minimum atomic E-state index is -0.470. The van der Waals surface area contributed by atoms with E-state index in [4.69, 9.17) is 14.5 Å². The molecule has 0 amide bonds. The molecule has 3 atom stereocenters. The van der Waals surface area contributed by atoms with Gasteiger partial charge in [-0.05, 0) is 32.1 Å². The SMILES string of the molecule is C[C@@]12CC[C@H]3CCCC[C@]3(CO1)OO2. The Kier molecular flexibility index (Phi) is 1.92. The monoisotopic (exact) mass is 198 g/mol. The van der Waals surface area contributed by atoms with Crippen molar-refractivity contribution in [3.63, 3.8) is 0 Å². The first-order valence-electron chi connectivity index (χ1n) is 5.73. The van der Waals surface area contributed by atoms with Crippen molar-refractivity contribution < 1.29 is 14.5 Å². The standard InChI is InChI=1S/C11H18O3/c1-10-7-5-9-4-2-3-6-11(9,8-12-10)14-13-10/h9H,2-8H2,1H3/t9-,10-,11-/m1/s1. The van der Waals surface area contributed by atoms with E-state index in [2.05, 4.69) is 0 Å². The summed E-state index contributed by atoms with van der Waals surface area (Å²) in [6, 6.07) is 0. The molecule has 0 unspecified atom stereocenters. The van der Waals surface area contributed by atoms with Crippen LogP contribution in [0, 0.1) is 5.92 Å². The van der Waals surface area contributed by atoms with Crippen LogP contribution in [0.25, 0.3) is 0 Å². The second-order valence-corrected chi connectivity index (χ2v) is 5.14. The van der Waals surface area contributed by atoms with Gasteiger partial charge >= 0.3 is 0 Å². The summed E-state index contributed by atoms with van der Waals surface area (Å²) in [7, 11) is 0. The first-order valence-corrected chi connectivity index (χ1v) is 5.73. The van der Waals surface area contributed by atoms with Gasteiger partial charge in [-0.3, -0.25) is 0 Å². The lowest BCUT2D eigenvalue weighted by atomic mass is 9.74. The van der Waals surface area contributed by atoms with Gasteiger partial charge < -0.3 is 4.74 Å². The summed E-state index contributed by atoms with van der Waals surface area (Å²) < 4.78 is 5.80. The van der Waals surface area contributed by atoms with Gasteiger partial charge in [-0.1, -0.05) is 12.8 Å². The fourth-order valence-corrected chi connectivity index (χ4v) is 3.03. The lowest BCUT2D eigenvalue weighted by Crippen LogP contribution is -2.52. The molecule has 4 rings (SSSR count). The van der Waals surface area contributed by atoms with Crippen LogP contribution in [0.2, 0.25) is 0 Å². The van der Waals surface area contributed by atoms with Gasteiger partial charge in [0, 0.05) is 6.42 Å². The number of fused-ring (bicyclic) bond motifs is 3. The molecule has 3 saturated heterocycles. The molecule has 3 aliphatic heterocycles. The summed E-state index contributed by atoms with van der Waals surface area (Å²) in [5, 5.41) is 0. The Morgan fingerprint density at radius 2 is 2.00 bits per heavy atom. The van der Waals surface area contributed by atoms with Crippen molar-refractivity contribution in [3.05, 3.63) is 0 Å². The van der Waals surface area contributed by atoms with Gasteiger partial charge in [-0.25, -0.2) is 9.78 Å². The normalized spacial score (nSPS) is 52.5. The molecule has 0 aromatic heterocycles. The third kappa shape index (κ3) is 1.23. The van der Waals surface area contributed by atoms with Crippen molar-refractivity contribution in [3.8, 4) is 0 Å². The largest absolute Gasteiger partial charge is 0.344 e. The molecule has 14 heavy (non-hydrogen) atoms. The first-order chi connectivity index (χ1) is 6.73. The third-order valence-corrected chi connectivity index (χ3v) is 4.10. The lowest BCUT2D eigenvalue weighted by Gasteiger charge is -2.44. The van der Waals surface area contributed by atoms with Crippen LogP contribution in [0.4, 0.5) is 0 Å². The van der Waals surface area contributed by atoms with E-state index in [1.54, 1.807) is 0 Å². The molecule has 1 spiro atoms. The van der Waals surface area contributed by atoms with Gasteiger partial charge in [0.05, 0.1) is 6.61 Å². The highest BCUT2D eigenvalue weighted by atomic mass is 17.2. The van der Waals surface area contributed by atoms with Crippen LogP contribution >= 0.6 is 0 Å². The van der Waals surface area contributed by atoms with Gasteiger partial charge in [0.1, 0.15) is 5.60 Å². The zero-order chi connectivity index (χ0) is 9.65. The molecule has 3 heteroatoms. The van der Waals surface area contributed by atoms with Crippen LogP contribution in [0.1, 0.15) is 45.4 Å². The molecule has 2 bridgehead atoms. The fourth-order valence-electron chi connectivity index (χ4n) is 3.03. The lowest BCUT2D eigenvalue weighted by molar-refractivity contribution is -0.507. The quantitative estimate of drug-likeness (QED) is 0.559. The molecular weight excluding hydrogens is 180 g/mol. The van der Waals surface area contributed by atoms with Crippen LogP contribution in [0.3, 0.4) is 0 Å². The van der Waals surface area contributed by atoms with Crippen LogP contribution in [-0.2, 0) is 14.5 Å². The summed E-state index contributed by atoms with van der Waals surface area (Å²) in [6.07, 6.45) is 7.14. The minimum Gasteiger partial charge on any atom is -0.344 e. The van der Waals surface area contributed by atoms with E-state index < -0.39 is 5.79 Å². The molecule has 80 valence electrons. The van der Waals surface area contributed by atoms with Crippen LogP contribution < -0.4 is 0 Å². The Morgan fingerprint density at radius 1 is 1.07 bits per heavy atom. The van der Waals surface area contributed by atoms with Gasteiger partial charge in [-0.2, -0.15) is 0 Å². The Morgan fingerprint density at radius 3 is 2.79 bits per heavy atom. The molecule has 3 nitrogen and oxygen atoms in total. The highest BCUT2D eigenvalue weighted by Gasteiger charge is 2.53. The van der Waals surface area contributed by atoms with E-state index in [1.807, 2.05) is 6.92 Å². The van der Waals surface area contributed by atoms with E-state index in [-0.39, 0.29) is 5.60 Å². The number of hydrogen-bond acceptors (Lipinski definition) is 3. The first kappa shape index (κ1) is 9.13. The average Bonchev–Trinajstić information content (AvgIpc) is 2.45. The van der Waals surface area contributed by atoms with Crippen molar-refractivity contribution in [1.82, 2.24) is 0 Å². The molecular formula is C11H18O3. The molecule has 1 aliphatic carbocycles. The smallest absolute Gasteiger partial charge is 0.198 e. The summed E-state index contributed by atoms with van der Waals surface area (Å²) in [5.41, 5.74) is -0.103. The van der Waals surface area contributed by atoms with Crippen molar-refractivity contribution in [1.29, 1.82) is 0 Å². The minimum absolute atomic E-state index is 0.103. The molecule has 0 aromatic carbocycles. The van der Waals surface area contributed by atoms with E-state index in [0.29, 0.717) is 5.92 Å². The molecule has 1 saturated carbocycles. The van der Waals surface area contributed by atoms with Crippen molar-refractivity contribution >= 4 is 0 Å². The van der Waals surface area contributed by atoms with Crippen LogP contribution in [0.15, 0.2) is 0 Å². The van der Waals surface area contributed by atoms with Crippen molar-refractivity contribution in [2.45, 2.75) is 56.8 Å². The van der Waals surface area contributed by atoms with Crippen molar-refractivity contribution in [2.24, 2.45) is 5.92 Å². The molecule has 0 radical (unpaired) electrons. The predicted octanol–water partition coefficient (Wildman–Crippen LogP) is 2.40. The number of ether oxygens (including phenoxy) is 1. The van der Waals surface area contributed by atoms with Crippen LogP contribution in [-0.4, -0.2) is 18.0 Å². The summed E-state index contributed by atoms with van der Waals surface area (Å²) in [4.78, 5) is 11.1. The topological polar surface area (TPSA) is 27.7 Å². The second kappa shape index (κ2) is 2.94. The maximum absolute atomic E-state index is 5.80. The van der Waals surface area contributed by atoms with Gasteiger partial charge in [0.15, 0.2) is 5.79 Å². The van der Waals surface area contributed by atoms with E-state index in [0.717, 1.165) is 19.4 Å². The van der Waals surface area contributed by atoms with Crippen LogP contribution in [0.5, 0.6) is 0 Å². The fraction of sp³-hybridized carbons (Fsp3) is 1.00. The zero-order valence-electron chi connectivity index (χ0n) is 8.75. The highest BCUT2D eigenvalue weighted by Crippen LogP contribution is 2.48. The van der Waals surface area contributed by atoms with Gasteiger partial charge in [0.25, 0.3) is 0 Å². The molecule has 0 aromatic rings. The maximum atomic E-state index is 5.80. The molecule has 4 aliphatic rings. The maximum Gasteiger partial charge on any atom is 0.198 e. The summed E-state index contributed by atoms with van der Waals surface area (Å²) in [6.45, 7) is 2.71. The van der Waals surface area contributed by atoms with E-state index in [9.17, 15) is 0 Å². The van der Waals surface area contributed by atoms with E-state index >= 15 is 0 Å². The zero-order valence-corrected chi connectivity index (χ0v) is 8.75. The molecule has 0 N–H and O–H groups in total. The molecule has 3 heterocycles. The Balaban J connectivity index is 1.89. The van der Waals surface area contributed by atoms with Gasteiger partial charge in [0.2, 0.25) is 0 Å². The summed E-state index contributed by atoms with van der Waals surface area (Å²) in [5.74, 6) is 0.184. The average molecular weight is 198 g/mol. The summed E-state index contributed by atoms with van der Waals surface area (Å²) >= 11 is 0. The number of rotatable bonds is 0. The van der Waals surface area contributed by atoms with E-state index in [1.165, 1.54) is 25.7 Å². The Labute approximate surface area is 84.6 Å². The Bertz CT molecular complexity index is 225. The van der Waals surface area contributed by atoms with Crippen molar-refractivity contribution in [2.75, 3.05) is 6.61 Å². The number of hydrogen-bond donors (Lipinski definition) is 0.